The SMILES string of the molecule is c1ccc(COc2cccc(CNC3C4CC5CC(C4)CC3C5)c2)cc1. The van der Waals surface area contributed by atoms with Crippen LogP contribution in [0.15, 0.2) is 54.6 Å². The van der Waals surface area contributed by atoms with Crippen molar-refractivity contribution in [2.75, 3.05) is 0 Å². The fourth-order valence-electron chi connectivity index (χ4n) is 5.98. The average molecular weight is 348 g/mol. The van der Waals surface area contributed by atoms with Crippen LogP contribution in [0.3, 0.4) is 0 Å². The summed E-state index contributed by atoms with van der Waals surface area (Å²) in [5, 5.41) is 3.93. The molecule has 6 rings (SSSR count). The molecule has 2 heteroatoms. The zero-order valence-electron chi connectivity index (χ0n) is 15.4. The predicted molar refractivity (Wildman–Crippen MR) is 105 cm³/mol. The number of hydrogen-bond donors (Lipinski definition) is 1. The topological polar surface area (TPSA) is 21.3 Å². The molecule has 0 aliphatic heterocycles. The van der Waals surface area contributed by atoms with Crippen molar-refractivity contribution in [2.24, 2.45) is 23.7 Å². The second-order valence-electron chi connectivity index (χ2n) is 8.76. The van der Waals surface area contributed by atoms with E-state index in [1.165, 1.54) is 43.2 Å². The Morgan fingerprint density at radius 2 is 1.46 bits per heavy atom. The molecule has 0 saturated heterocycles. The molecular formula is C24H29NO. The molecule has 0 atom stereocenters. The molecule has 2 aromatic carbocycles. The first-order chi connectivity index (χ1) is 12.8. The van der Waals surface area contributed by atoms with E-state index in [2.05, 4.69) is 53.8 Å². The van der Waals surface area contributed by atoms with Crippen molar-refractivity contribution in [1.82, 2.24) is 5.32 Å². The van der Waals surface area contributed by atoms with Gasteiger partial charge in [-0.3, -0.25) is 0 Å². The molecule has 136 valence electrons. The first kappa shape index (κ1) is 16.4. The van der Waals surface area contributed by atoms with Gasteiger partial charge in [-0.15, -0.1) is 0 Å². The van der Waals surface area contributed by atoms with Gasteiger partial charge in [0.25, 0.3) is 0 Å². The van der Waals surface area contributed by atoms with Crippen LogP contribution in [0.5, 0.6) is 5.75 Å². The summed E-state index contributed by atoms with van der Waals surface area (Å²) in [6.45, 7) is 1.60. The number of benzene rings is 2. The van der Waals surface area contributed by atoms with Crippen molar-refractivity contribution >= 4 is 0 Å². The third-order valence-electron chi connectivity index (χ3n) is 6.92. The van der Waals surface area contributed by atoms with E-state index in [0.717, 1.165) is 42.0 Å². The summed E-state index contributed by atoms with van der Waals surface area (Å²) in [5.41, 5.74) is 2.55. The van der Waals surface area contributed by atoms with Crippen LogP contribution in [0.25, 0.3) is 0 Å². The predicted octanol–water partition coefficient (Wildman–Crippen LogP) is 5.18. The quantitative estimate of drug-likeness (QED) is 0.777. The van der Waals surface area contributed by atoms with E-state index in [9.17, 15) is 0 Å². The number of ether oxygens (including phenoxy) is 1. The van der Waals surface area contributed by atoms with Gasteiger partial charge in [-0.25, -0.2) is 0 Å². The molecule has 0 aromatic heterocycles. The Morgan fingerprint density at radius 1 is 0.769 bits per heavy atom. The van der Waals surface area contributed by atoms with Crippen molar-refractivity contribution in [3.8, 4) is 5.75 Å². The van der Waals surface area contributed by atoms with E-state index >= 15 is 0 Å². The Labute approximate surface area is 157 Å². The summed E-state index contributed by atoms with van der Waals surface area (Å²) in [4.78, 5) is 0. The summed E-state index contributed by atoms with van der Waals surface area (Å²) >= 11 is 0. The van der Waals surface area contributed by atoms with Gasteiger partial charge in [-0.05, 0) is 79.0 Å². The molecule has 4 aliphatic carbocycles. The molecule has 0 heterocycles. The van der Waals surface area contributed by atoms with Crippen LogP contribution in [0.2, 0.25) is 0 Å². The average Bonchev–Trinajstić information content (AvgIpc) is 2.66. The Kier molecular flexibility index (Phi) is 4.46. The van der Waals surface area contributed by atoms with Gasteiger partial charge in [0.05, 0.1) is 0 Å². The molecule has 4 fully saturated rings. The summed E-state index contributed by atoms with van der Waals surface area (Å²) in [6.07, 6.45) is 7.44. The summed E-state index contributed by atoms with van der Waals surface area (Å²) < 4.78 is 5.99. The third-order valence-corrected chi connectivity index (χ3v) is 6.92. The molecule has 4 saturated carbocycles. The minimum Gasteiger partial charge on any atom is -0.489 e. The van der Waals surface area contributed by atoms with Crippen LogP contribution in [0, 0.1) is 23.7 Å². The van der Waals surface area contributed by atoms with Crippen molar-refractivity contribution in [2.45, 2.75) is 51.3 Å². The molecule has 0 unspecified atom stereocenters. The lowest BCUT2D eigenvalue weighted by atomic mass is 9.54. The largest absolute Gasteiger partial charge is 0.489 e. The highest BCUT2D eigenvalue weighted by molar-refractivity contribution is 5.29. The maximum absolute atomic E-state index is 5.99. The Bertz CT molecular complexity index is 713. The second-order valence-corrected chi connectivity index (χ2v) is 8.76. The van der Waals surface area contributed by atoms with Gasteiger partial charge in [-0.1, -0.05) is 42.5 Å². The number of rotatable bonds is 6. The first-order valence-electron chi connectivity index (χ1n) is 10.3. The first-order valence-corrected chi connectivity index (χ1v) is 10.3. The molecule has 0 amide bonds. The lowest BCUT2D eigenvalue weighted by Crippen LogP contribution is -2.54. The molecule has 2 aromatic rings. The van der Waals surface area contributed by atoms with Gasteiger partial charge < -0.3 is 10.1 Å². The van der Waals surface area contributed by atoms with E-state index in [4.69, 9.17) is 4.74 Å². The van der Waals surface area contributed by atoms with E-state index < -0.39 is 0 Å². The van der Waals surface area contributed by atoms with Crippen LogP contribution < -0.4 is 10.1 Å². The van der Waals surface area contributed by atoms with Gasteiger partial charge in [0, 0.05) is 12.6 Å². The highest BCUT2D eigenvalue weighted by Crippen LogP contribution is 2.53. The van der Waals surface area contributed by atoms with Crippen LogP contribution in [-0.2, 0) is 13.2 Å². The van der Waals surface area contributed by atoms with Gasteiger partial charge in [0.2, 0.25) is 0 Å². The van der Waals surface area contributed by atoms with Crippen molar-refractivity contribution in [1.29, 1.82) is 0 Å². The zero-order chi connectivity index (χ0) is 17.3. The normalized spacial score (nSPS) is 31.9. The minimum absolute atomic E-state index is 0.632. The molecule has 1 N–H and O–H groups in total. The fourth-order valence-corrected chi connectivity index (χ4v) is 5.98. The Morgan fingerprint density at radius 3 is 2.19 bits per heavy atom. The highest BCUT2D eigenvalue weighted by Gasteiger charge is 2.47. The highest BCUT2D eigenvalue weighted by atomic mass is 16.5. The van der Waals surface area contributed by atoms with E-state index in [1.807, 2.05) is 6.07 Å². The molecule has 0 spiro atoms. The fraction of sp³-hybridized carbons (Fsp3) is 0.500. The summed E-state index contributed by atoms with van der Waals surface area (Å²) in [5.74, 6) is 4.93. The Balaban J connectivity index is 1.19. The minimum atomic E-state index is 0.632. The van der Waals surface area contributed by atoms with E-state index in [0.29, 0.717) is 6.61 Å². The third kappa shape index (κ3) is 3.40. The lowest BCUT2D eigenvalue weighted by Gasteiger charge is -2.54. The van der Waals surface area contributed by atoms with Gasteiger partial charge in [-0.2, -0.15) is 0 Å². The van der Waals surface area contributed by atoms with E-state index in [1.54, 1.807) is 0 Å². The molecule has 4 aliphatic rings. The van der Waals surface area contributed by atoms with Crippen LogP contribution >= 0.6 is 0 Å². The number of nitrogens with one attached hydrogen (secondary N) is 1. The smallest absolute Gasteiger partial charge is 0.120 e. The number of hydrogen-bond acceptors (Lipinski definition) is 2. The van der Waals surface area contributed by atoms with Crippen LogP contribution in [0.1, 0.15) is 43.2 Å². The second kappa shape index (κ2) is 7.08. The van der Waals surface area contributed by atoms with E-state index in [-0.39, 0.29) is 0 Å². The van der Waals surface area contributed by atoms with Crippen molar-refractivity contribution in [3.63, 3.8) is 0 Å². The monoisotopic (exact) mass is 347 g/mol. The standard InChI is InChI=1S/C24H29NO/c1-2-5-17(6-3-1)16-26-23-8-4-7-18(14-23)15-25-24-21-10-19-9-20(12-21)13-22(24)11-19/h1-8,14,19-22,24-25H,9-13,15-16H2. The zero-order valence-corrected chi connectivity index (χ0v) is 15.4. The maximum atomic E-state index is 5.99. The summed E-state index contributed by atoms with van der Waals surface area (Å²) in [7, 11) is 0. The molecular weight excluding hydrogens is 318 g/mol. The lowest BCUT2D eigenvalue weighted by molar-refractivity contribution is -0.0142. The summed E-state index contributed by atoms with van der Waals surface area (Å²) in [6, 6.07) is 19.7. The molecule has 26 heavy (non-hydrogen) atoms. The Hall–Kier alpha value is -1.80. The molecule has 0 radical (unpaired) electrons. The molecule has 2 nitrogen and oxygen atoms in total. The van der Waals surface area contributed by atoms with Crippen LogP contribution in [-0.4, -0.2) is 6.04 Å². The van der Waals surface area contributed by atoms with Crippen molar-refractivity contribution in [3.05, 3.63) is 65.7 Å². The van der Waals surface area contributed by atoms with Crippen LogP contribution in [0.4, 0.5) is 0 Å². The maximum Gasteiger partial charge on any atom is 0.120 e. The van der Waals surface area contributed by atoms with Gasteiger partial charge >= 0.3 is 0 Å². The molecule has 4 bridgehead atoms. The van der Waals surface area contributed by atoms with Gasteiger partial charge in [0.1, 0.15) is 12.4 Å². The van der Waals surface area contributed by atoms with Crippen molar-refractivity contribution < 1.29 is 4.74 Å². The van der Waals surface area contributed by atoms with Gasteiger partial charge in [0.15, 0.2) is 0 Å².